The maximum atomic E-state index is 2.53. The zero-order valence-corrected chi connectivity index (χ0v) is 29.5. The minimum atomic E-state index is -2.28. The van der Waals surface area contributed by atoms with Crippen molar-refractivity contribution in [3.05, 3.63) is 109 Å². The molecule has 3 aromatic carbocycles. The SMILES string of the molecule is CC1=C(C)C(C)[C]([Ti][Si](c2cc(C)cc(C)c2)(c2cc(C)cc(C)c2)c2cc(C)cc(C)c2)=C1C.Cl.Cl.Cl. The molecule has 3 aromatic rings. The first-order valence-electron chi connectivity index (χ1n) is 12.9. The number of aryl methyl sites for hydroxylation is 6. The molecular formula is C33H43Cl3SiTi. The molecule has 0 amide bonds. The van der Waals surface area contributed by atoms with Crippen molar-refractivity contribution in [2.24, 2.45) is 5.92 Å². The average molecular weight is 622 g/mol. The Balaban J connectivity index is 0.00000241. The van der Waals surface area contributed by atoms with Gasteiger partial charge < -0.3 is 0 Å². The number of hydrogen-bond donors (Lipinski definition) is 0. The van der Waals surface area contributed by atoms with Gasteiger partial charge in [-0.3, -0.25) is 0 Å². The molecule has 0 nitrogen and oxygen atoms in total. The third-order valence-corrected chi connectivity index (χ3v) is 20.4. The van der Waals surface area contributed by atoms with Crippen molar-refractivity contribution in [1.82, 2.24) is 0 Å². The van der Waals surface area contributed by atoms with E-state index in [0.717, 1.165) is 0 Å². The van der Waals surface area contributed by atoms with Crippen LogP contribution in [0.1, 0.15) is 61.1 Å². The Hall–Kier alpha value is -1.06. The first kappa shape index (κ1) is 35.0. The quantitative estimate of drug-likeness (QED) is 0.199. The summed E-state index contributed by atoms with van der Waals surface area (Å²) in [5.74, 6) is -1.72. The Labute approximate surface area is 259 Å². The molecule has 1 aliphatic carbocycles. The molecule has 38 heavy (non-hydrogen) atoms. The Morgan fingerprint density at radius 1 is 0.474 bits per heavy atom. The summed E-state index contributed by atoms with van der Waals surface area (Å²) in [5, 5.41) is 4.79. The van der Waals surface area contributed by atoms with E-state index in [1.54, 1.807) is 30.6 Å². The maximum absolute atomic E-state index is 2.53. The number of halogens is 3. The minimum absolute atomic E-state index is 0. The van der Waals surface area contributed by atoms with Crippen molar-refractivity contribution < 1.29 is 18.4 Å². The first-order valence-corrected chi connectivity index (χ1v) is 18.0. The van der Waals surface area contributed by atoms with Crippen LogP contribution in [0.4, 0.5) is 0 Å². The topological polar surface area (TPSA) is 0 Å². The van der Waals surface area contributed by atoms with Gasteiger partial charge in [0, 0.05) is 0 Å². The number of hydrogen-bond acceptors (Lipinski definition) is 0. The van der Waals surface area contributed by atoms with E-state index in [4.69, 9.17) is 0 Å². The van der Waals surface area contributed by atoms with Crippen molar-refractivity contribution in [3.63, 3.8) is 0 Å². The van der Waals surface area contributed by atoms with Crippen LogP contribution in [0.3, 0.4) is 0 Å². The van der Waals surface area contributed by atoms with Gasteiger partial charge >= 0.3 is 224 Å². The number of benzene rings is 3. The van der Waals surface area contributed by atoms with Gasteiger partial charge in [0.25, 0.3) is 0 Å². The van der Waals surface area contributed by atoms with Gasteiger partial charge in [-0.2, -0.15) is 0 Å². The van der Waals surface area contributed by atoms with Crippen LogP contribution in [-0.4, -0.2) is 5.94 Å². The van der Waals surface area contributed by atoms with Gasteiger partial charge in [-0.05, 0) is 0 Å². The van der Waals surface area contributed by atoms with Crippen LogP contribution in [0, 0.1) is 47.5 Å². The Kier molecular flexibility index (Phi) is 12.5. The summed E-state index contributed by atoms with van der Waals surface area (Å²) in [4.78, 5) is 0. The van der Waals surface area contributed by atoms with Crippen LogP contribution >= 0.6 is 37.2 Å². The molecule has 0 aliphatic heterocycles. The van der Waals surface area contributed by atoms with Crippen molar-refractivity contribution in [2.45, 2.75) is 69.2 Å². The van der Waals surface area contributed by atoms with E-state index >= 15 is 0 Å². The molecule has 0 radical (unpaired) electrons. The van der Waals surface area contributed by atoms with Crippen LogP contribution in [0.25, 0.3) is 0 Å². The van der Waals surface area contributed by atoms with E-state index in [2.05, 4.69) is 124 Å². The standard InChI is InChI=1S/C24H27Si.C9H13.3ClH.Ti/c1-16-7-17(2)11-22(10-16)25(23-12-18(3)8-19(4)13-23)24-14-20(5)9-21(6)15-24;1-6-5-7(2)9(4)8(6)3;;;;/h7-15H,1-6H3;6H,1-4H3;3*1H;. The summed E-state index contributed by atoms with van der Waals surface area (Å²) in [6.07, 6.45) is 0. The fourth-order valence-electron chi connectivity index (χ4n) is 6.06. The summed E-state index contributed by atoms with van der Waals surface area (Å²) < 4.78 is 1.77. The minimum Gasteiger partial charge on any atom is -0.147 e. The van der Waals surface area contributed by atoms with E-state index < -0.39 is 24.3 Å². The second-order valence-corrected chi connectivity index (χ2v) is 20.1. The van der Waals surface area contributed by atoms with Crippen LogP contribution in [0.5, 0.6) is 0 Å². The van der Waals surface area contributed by atoms with E-state index in [-0.39, 0.29) is 37.2 Å². The predicted octanol–water partition coefficient (Wildman–Crippen LogP) is 8.11. The molecule has 0 bridgehead atoms. The molecule has 0 heterocycles. The molecule has 0 N–H and O–H groups in total. The fourth-order valence-corrected chi connectivity index (χ4v) is 19.4. The van der Waals surface area contributed by atoms with Crippen LogP contribution in [0.15, 0.2) is 75.2 Å². The van der Waals surface area contributed by atoms with Gasteiger partial charge in [0.2, 0.25) is 0 Å². The summed E-state index contributed by atoms with van der Waals surface area (Å²) in [6.45, 7) is 23.2. The molecule has 1 aliphatic rings. The van der Waals surface area contributed by atoms with Gasteiger partial charge in [0.05, 0.1) is 0 Å². The van der Waals surface area contributed by atoms with Crippen molar-refractivity contribution in [3.8, 4) is 0 Å². The summed E-state index contributed by atoms with van der Waals surface area (Å²) in [7, 11) is 0. The zero-order chi connectivity index (χ0) is 25.7. The van der Waals surface area contributed by atoms with E-state index in [0.29, 0.717) is 5.92 Å². The second-order valence-electron chi connectivity index (χ2n) is 11.1. The van der Waals surface area contributed by atoms with Gasteiger partial charge in [-0.1, -0.05) is 0 Å². The summed E-state index contributed by atoms with van der Waals surface area (Å²) in [5.41, 5.74) is 13.0. The maximum Gasteiger partial charge on any atom is -0.147 e. The Morgan fingerprint density at radius 3 is 1.00 bits per heavy atom. The number of allylic oxidation sites excluding steroid dienone is 4. The third-order valence-electron chi connectivity index (χ3n) is 7.93. The van der Waals surface area contributed by atoms with Gasteiger partial charge in [0.1, 0.15) is 0 Å². The monoisotopic (exact) mass is 620 g/mol. The molecule has 0 saturated heterocycles. The van der Waals surface area contributed by atoms with Crippen molar-refractivity contribution in [1.29, 1.82) is 0 Å². The van der Waals surface area contributed by atoms with E-state index in [9.17, 15) is 0 Å². The van der Waals surface area contributed by atoms with E-state index in [1.165, 1.54) is 39.0 Å². The molecule has 0 fully saturated rings. The van der Waals surface area contributed by atoms with Crippen molar-refractivity contribution >= 4 is 58.7 Å². The Bertz CT molecular complexity index is 1200. The largest absolute Gasteiger partial charge is 0.147 e. The summed E-state index contributed by atoms with van der Waals surface area (Å²) in [6, 6.07) is 22.2. The normalized spacial score (nSPS) is 15.1. The molecule has 0 aromatic heterocycles. The molecule has 0 spiro atoms. The van der Waals surface area contributed by atoms with Gasteiger partial charge in [0.15, 0.2) is 0 Å². The van der Waals surface area contributed by atoms with Gasteiger partial charge in [-0.25, -0.2) is 0 Å². The molecule has 1 unspecified atom stereocenters. The fraction of sp³-hybridized carbons (Fsp3) is 0.333. The average Bonchev–Trinajstić information content (AvgIpc) is 2.92. The first-order chi connectivity index (χ1) is 16.4. The van der Waals surface area contributed by atoms with Crippen LogP contribution in [0.2, 0.25) is 0 Å². The Morgan fingerprint density at radius 2 is 0.763 bits per heavy atom. The smallest absolute Gasteiger partial charge is 0.147 e. The predicted molar refractivity (Wildman–Crippen MR) is 174 cm³/mol. The molecule has 1 atom stereocenters. The third kappa shape index (κ3) is 6.63. The molecule has 0 saturated carbocycles. The zero-order valence-electron chi connectivity index (χ0n) is 24.5. The molecule has 5 heteroatoms. The van der Waals surface area contributed by atoms with Crippen LogP contribution < -0.4 is 15.6 Å². The summed E-state index contributed by atoms with van der Waals surface area (Å²) >= 11 is -0.497. The van der Waals surface area contributed by atoms with Crippen molar-refractivity contribution in [2.75, 3.05) is 0 Å². The molecular weight excluding hydrogens is 579 g/mol. The van der Waals surface area contributed by atoms with E-state index in [1.807, 2.05) is 0 Å². The number of rotatable bonds is 5. The van der Waals surface area contributed by atoms with Crippen LogP contribution in [-0.2, 0) is 18.4 Å². The molecule has 204 valence electrons. The molecule has 4 rings (SSSR count). The second kappa shape index (κ2) is 13.5. The van der Waals surface area contributed by atoms with Gasteiger partial charge in [-0.15, -0.1) is 37.2 Å².